The quantitative estimate of drug-likeness (QED) is 0.450. The van der Waals surface area contributed by atoms with Gasteiger partial charge < -0.3 is 10.1 Å². The van der Waals surface area contributed by atoms with E-state index < -0.39 is 0 Å². The highest BCUT2D eigenvalue weighted by Crippen LogP contribution is 2.12. The largest absolute Gasteiger partial charge is 0.465 e. The Morgan fingerprint density at radius 3 is 2.81 bits per heavy atom. The molecule has 1 rings (SSSR count). The van der Waals surface area contributed by atoms with Crippen LogP contribution in [-0.4, -0.2) is 41.4 Å². The van der Waals surface area contributed by atoms with Gasteiger partial charge >= 0.3 is 5.97 Å². The highest BCUT2D eigenvalue weighted by molar-refractivity contribution is 7.99. The molecule has 1 N–H and O–H groups in total. The van der Waals surface area contributed by atoms with E-state index in [1.54, 1.807) is 32.4 Å². The third-order valence-electron chi connectivity index (χ3n) is 1.84. The smallest absolute Gasteiger partial charge is 0.323 e. The van der Waals surface area contributed by atoms with E-state index >= 15 is 0 Å². The number of likely N-dealkylation sites (N-methyl/N-ethyl adjacent to an activating group) is 1. The zero-order valence-corrected chi connectivity index (χ0v) is 10.2. The predicted octanol–water partition coefficient (Wildman–Crippen LogP) is 0.720. The van der Waals surface area contributed by atoms with Gasteiger partial charge in [0.2, 0.25) is 0 Å². The number of ether oxygens (including phenoxy) is 1. The van der Waals surface area contributed by atoms with Crippen molar-refractivity contribution in [1.29, 1.82) is 0 Å². The predicted molar refractivity (Wildman–Crippen MR) is 62.2 cm³/mol. The average Bonchev–Trinajstić information content (AvgIpc) is 2.31. The second-order valence-corrected chi connectivity index (χ2v) is 3.92. The maximum absolute atomic E-state index is 11.5. The number of rotatable bonds is 6. The Bertz CT molecular complexity index is 321. The van der Waals surface area contributed by atoms with E-state index in [1.807, 2.05) is 0 Å². The highest BCUT2D eigenvalue weighted by Gasteiger charge is 2.17. The molecule has 0 aromatic carbocycles. The van der Waals surface area contributed by atoms with Crippen LogP contribution < -0.4 is 5.32 Å². The Balaban J connectivity index is 2.43. The molecule has 0 aliphatic carbocycles. The van der Waals surface area contributed by atoms with Gasteiger partial charge in [-0.25, -0.2) is 9.97 Å². The summed E-state index contributed by atoms with van der Waals surface area (Å²) in [7, 11) is 1.73. The molecule has 0 amide bonds. The molecule has 0 radical (unpaired) electrons. The summed E-state index contributed by atoms with van der Waals surface area (Å²) >= 11 is 1.42. The van der Waals surface area contributed by atoms with Crippen molar-refractivity contribution in [3.8, 4) is 0 Å². The lowest BCUT2D eigenvalue weighted by atomic mass is 10.3. The number of thioether (sulfide) groups is 1. The van der Waals surface area contributed by atoms with Crippen LogP contribution in [0.4, 0.5) is 0 Å². The lowest BCUT2D eigenvalue weighted by molar-refractivity contribution is -0.144. The molecule has 88 valence electrons. The van der Waals surface area contributed by atoms with Gasteiger partial charge in [0.15, 0.2) is 5.16 Å². The molecule has 0 bridgehead atoms. The SMILES string of the molecule is CCOC(=O)C(CSc1ncccn1)NC. The second-order valence-electron chi connectivity index (χ2n) is 2.94. The fourth-order valence-corrected chi connectivity index (χ4v) is 1.92. The van der Waals surface area contributed by atoms with Gasteiger partial charge in [-0.05, 0) is 20.0 Å². The number of carbonyl (C=O) groups is 1. The van der Waals surface area contributed by atoms with Gasteiger partial charge in [0.25, 0.3) is 0 Å². The first-order valence-electron chi connectivity index (χ1n) is 5.01. The normalized spacial score (nSPS) is 12.1. The first-order chi connectivity index (χ1) is 7.77. The van der Waals surface area contributed by atoms with E-state index in [4.69, 9.17) is 4.74 Å². The minimum Gasteiger partial charge on any atom is -0.465 e. The van der Waals surface area contributed by atoms with Crippen LogP contribution in [0.25, 0.3) is 0 Å². The summed E-state index contributed by atoms with van der Waals surface area (Å²) in [5, 5.41) is 3.57. The minimum atomic E-state index is -0.325. The first kappa shape index (κ1) is 12.9. The lowest BCUT2D eigenvalue weighted by Crippen LogP contribution is -2.37. The van der Waals surface area contributed by atoms with E-state index in [-0.39, 0.29) is 12.0 Å². The van der Waals surface area contributed by atoms with Crippen molar-refractivity contribution in [3.05, 3.63) is 18.5 Å². The summed E-state index contributed by atoms with van der Waals surface area (Å²) < 4.78 is 4.93. The molecule has 6 heteroatoms. The third-order valence-corrected chi connectivity index (χ3v) is 2.81. The summed E-state index contributed by atoms with van der Waals surface area (Å²) in [6.45, 7) is 2.18. The van der Waals surface area contributed by atoms with E-state index in [2.05, 4.69) is 15.3 Å². The van der Waals surface area contributed by atoms with Crippen molar-refractivity contribution >= 4 is 17.7 Å². The van der Waals surface area contributed by atoms with E-state index in [9.17, 15) is 4.79 Å². The van der Waals surface area contributed by atoms with Crippen molar-refractivity contribution in [2.75, 3.05) is 19.4 Å². The number of esters is 1. The van der Waals surface area contributed by atoms with Crippen molar-refractivity contribution in [3.63, 3.8) is 0 Å². The van der Waals surface area contributed by atoms with Crippen molar-refractivity contribution in [2.45, 2.75) is 18.1 Å². The molecule has 16 heavy (non-hydrogen) atoms. The van der Waals surface area contributed by atoms with Crippen LogP contribution in [0.5, 0.6) is 0 Å². The molecule has 1 aromatic heterocycles. The number of carbonyl (C=O) groups excluding carboxylic acids is 1. The Morgan fingerprint density at radius 2 is 2.25 bits per heavy atom. The Kier molecular flexibility index (Phi) is 5.81. The van der Waals surface area contributed by atoms with E-state index in [0.29, 0.717) is 17.5 Å². The van der Waals surface area contributed by atoms with Gasteiger partial charge in [-0.3, -0.25) is 4.79 Å². The molecule has 0 saturated heterocycles. The van der Waals surface area contributed by atoms with Gasteiger partial charge in [0, 0.05) is 18.1 Å². The zero-order chi connectivity index (χ0) is 11.8. The Morgan fingerprint density at radius 1 is 1.56 bits per heavy atom. The second kappa shape index (κ2) is 7.19. The Hall–Kier alpha value is -1.14. The van der Waals surface area contributed by atoms with Crippen molar-refractivity contribution in [2.24, 2.45) is 0 Å². The molecule has 0 aliphatic heterocycles. The van der Waals surface area contributed by atoms with Gasteiger partial charge in [-0.2, -0.15) is 0 Å². The standard InChI is InChI=1S/C10H15N3O2S/c1-3-15-9(14)8(11-2)7-16-10-12-5-4-6-13-10/h4-6,8,11H,3,7H2,1-2H3. The van der Waals surface area contributed by atoms with Gasteiger partial charge in [-0.1, -0.05) is 11.8 Å². The number of aromatic nitrogens is 2. The van der Waals surface area contributed by atoms with E-state index in [1.165, 1.54) is 11.8 Å². The Labute approximate surface area is 99.0 Å². The molecule has 1 unspecified atom stereocenters. The van der Waals surface area contributed by atoms with Crippen LogP contribution in [0.2, 0.25) is 0 Å². The fraction of sp³-hybridized carbons (Fsp3) is 0.500. The highest BCUT2D eigenvalue weighted by atomic mass is 32.2. The topological polar surface area (TPSA) is 64.1 Å². The van der Waals surface area contributed by atoms with Crippen LogP contribution in [0.15, 0.2) is 23.6 Å². The first-order valence-corrected chi connectivity index (χ1v) is 6.00. The number of hydrogen-bond acceptors (Lipinski definition) is 6. The zero-order valence-electron chi connectivity index (χ0n) is 9.34. The van der Waals surface area contributed by atoms with Crippen LogP contribution in [0, 0.1) is 0 Å². The summed E-state index contributed by atoms with van der Waals surface area (Å²) in [6, 6.07) is 1.43. The van der Waals surface area contributed by atoms with Crippen LogP contribution >= 0.6 is 11.8 Å². The fourth-order valence-electron chi connectivity index (χ4n) is 1.03. The molecule has 0 aliphatic rings. The average molecular weight is 241 g/mol. The number of nitrogens with zero attached hydrogens (tertiary/aromatic N) is 2. The summed E-state index contributed by atoms with van der Waals surface area (Å²) in [5.41, 5.74) is 0. The maximum Gasteiger partial charge on any atom is 0.323 e. The molecule has 0 saturated carbocycles. The van der Waals surface area contributed by atoms with Crippen LogP contribution in [0.3, 0.4) is 0 Å². The summed E-state index contributed by atoms with van der Waals surface area (Å²) in [4.78, 5) is 19.6. The number of nitrogens with one attached hydrogen (secondary N) is 1. The molecule has 5 nitrogen and oxygen atoms in total. The molecule has 1 atom stereocenters. The number of hydrogen-bond donors (Lipinski definition) is 1. The monoisotopic (exact) mass is 241 g/mol. The molecule has 0 fully saturated rings. The van der Waals surface area contributed by atoms with E-state index in [0.717, 1.165) is 0 Å². The van der Waals surface area contributed by atoms with Crippen molar-refractivity contribution < 1.29 is 9.53 Å². The van der Waals surface area contributed by atoms with Crippen molar-refractivity contribution in [1.82, 2.24) is 15.3 Å². The summed E-state index contributed by atoms with van der Waals surface area (Å²) in [6.07, 6.45) is 3.35. The third kappa shape index (κ3) is 4.16. The van der Waals surface area contributed by atoms with Gasteiger partial charge in [0.1, 0.15) is 6.04 Å². The van der Waals surface area contributed by atoms with Gasteiger partial charge in [-0.15, -0.1) is 0 Å². The molecule has 0 spiro atoms. The minimum absolute atomic E-state index is 0.242. The molecule has 1 heterocycles. The lowest BCUT2D eigenvalue weighted by Gasteiger charge is -2.13. The maximum atomic E-state index is 11.5. The van der Waals surface area contributed by atoms with Crippen LogP contribution in [-0.2, 0) is 9.53 Å². The summed E-state index contributed by atoms with van der Waals surface area (Å²) in [5.74, 6) is 0.313. The van der Waals surface area contributed by atoms with Gasteiger partial charge in [0.05, 0.1) is 6.61 Å². The van der Waals surface area contributed by atoms with Crippen LogP contribution in [0.1, 0.15) is 6.92 Å². The molecular formula is C10H15N3O2S. The molecule has 1 aromatic rings. The molecular weight excluding hydrogens is 226 g/mol.